The second-order valence-electron chi connectivity index (χ2n) is 10.6. The normalized spacial score (nSPS) is 17.5. The summed E-state index contributed by atoms with van der Waals surface area (Å²) < 4.78 is 39.6. The van der Waals surface area contributed by atoms with Gasteiger partial charge in [-0.2, -0.15) is 4.31 Å². The molecule has 0 spiro atoms. The first-order valence-corrected chi connectivity index (χ1v) is 15.6. The highest BCUT2D eigenvalue weighted by atomic mass is 32.2. The Kier molecular flexibility index (Phi) is 9.32. The first-order valence-electron chi connectivity index (χ1n) is 14.2. The van der Waals surface area contributed by atoms with Gasteiger partial charge in [0.1, 0.15) is 23.6 Å². The van der Waals surface area contributed by atoms with Crippen LogP contribution in [0.3, 0.4) is 0 Å². The third-order valence-corrected chi connectivity index (χ3v) is 9.79. The molecule has 1 aliphatic rings. The first-order chi connectivity index (χ1) is 21.2. The molecule has 1 heterocycles. The molecule has 44 heavy (non-hydrogen) atoms. The number of ether oxygens (including phenoxy) is 2. The summed E-state index contributed by atoms with van der Waals surface area (Å²) in [5.41, 5.74) is 3.18. The minimum Gasteiger partial charge on any atom is -0.496 e. The summed E-state index contributed by atoms with van der Waals surface area (Å²) in [5.74, 6) is -0.829. The van der Waals surface area contributed by atoms with E-state index in [1.807, 2.05) is 60.7 Å². The van der Waals surface area contributed by atoms with Crippen molar-refractivity contribution in [3.05, 3.63) is 114 Å². The monoisotopic (exact) mass is 614 g/mol. The molecule has 0 saturated carbocycles. The van der Waals surface area contributed by atoms with E-state index in [9.17, 15) is 23.1 Å². The molecular formula is C34H34N2O7S. The highest BCUT2D eigenvalue weighted by Crippen LogP contribution is 2.38. The third kappa shape index (κ3) is 6.46. The van der Waals surface area contributed by atoms with Gasteiger partial charge in [0.25, 0.3) is 0 Å². The molecule has 2 N–H and O–H groups in total. The minimum absolute atomic E-state index is 0.00464. The lowest BCUT2D eigenvalue weighted by atomic mass is 9.96. The largest absolute Gasteiger partial charge is 0.496 e. The summed E-state index contributed by atoms with van der Waals surface area (Å²) in [4.78, 5) is 26.1. The van der Waals surface area contributed by atoms with Crippen LogP contribution in [0.5, 0.6) is 11.5 Å². The number of nitrogens with zero attached hydrogens (tertiary/aromatic N) is 1. The number of hydrogen-bond donors (Lipinski definition) is 2. The van der Waals surface area contributed by atoms with Gasteiger partial charge >= 0.3 is 5.97 Å². The van der Waals surface area contributed by atoms with Crippen molar-refractivity contribution in [1.82, 2.24) is 9.62 Å². The Hall–Kier alpha value is -4.67. The maximum atomic E-state index is 13.7. The fourth-order valence-corrected chi connectivity index (χ4v) is 7.32. The predicted octanol–water partition coefficient (Wildman–Crippen LogP) is 4.73. The Morgan fingerprint density at radius 3 is 2.02 bits per heavy atom. The molecule has 4 aromatic carbocycles. The van der Waals surface area contributed by atoms with Crippen molar-refractivity contribution < 1.29 is 32.6 Å². The topological polar surface area (TPSA) is 122 Å². The van der Waals surface area contributed by atoms with Crippen LogP contribution in [0.2, 0.25) is 0 Å². The summed E-state index contributed by atoms with van der Waals surface area (Å²) in [7, 11) is -0.877. The van der Waals surface area contributed by atoms with Crippen LogP contribution >= 0.6 is 0 Å². The van der Waals surface area contributed by atoms with Crippen LogP contribution in [0.15, 0.2) is 108 Å². The number of carbonyl (C=O) groups excluding carboxylic acids is 1. The van der Waals surface area contributed by atoms with Crippen molar-refractivity contribution in [1.29, 1.82) is 0 Å². The summed E-state index contributed by atoms with van der Waals surface area (Å²) in [6.45, 7) is 0.102. The van der Waals surface area contributed by atoms with E-state index < -0.39 is 34.0 Å². The number of sulfonamides is 1. The SMILES string of the molecule is COc1cccc(OC)c1-c1ccc(C[C@H](NC(=O)C2C[C@H](c3ccccc3)CN2S(=O)(=O)c2ccccc2)C(=O)O)cc1. The third-order valence-electron chi connectivity index (χ3n) is 7.90. The van der Waals surface area contributed by atoms with E-state index >= 15 is 0 Å². The van der Waals surface area contributed by atoms with E-state index in [2.05, 4.69) is 5.32 Å². The van der Waals surface area contributed by atoms with Crippen LogP contribution in [-0.2, 0) is 26.0 Å². The van der Waals surface area contributed by atoms with E-state index in [-0.39, 0.29) is 30.2 Å². The zero-order valence-electron chi connectivity index (χ0n) is 24.4. The van der Waals surface area contributed by atoms with E-state index in [0.29, 0.717) is 17.1 Å². The van der Waals surface area contributed by atoms with Crippen molar-refractivity contribution in [2.75, 3.05) is 20.8 Å². The molecule has 0 radical (unpaired) electrons. The van der Waals surface area contributed by atoms with E-state index in [0.717, 1.165) is 16.7 Å². The van der Waals surface area contributed by atoms with Crippen LogP contribution in [0.25, 0.3) is 11.1 Å². The number of benzene rings is 4. The van der Waals surface area contributed by atoms with E-state index in [1.54, 1.807) is 44.6 Å². The van der Waals surface area contributed by atoms with Crippen molar-refractivity contribution in [2.24, 2.45) is 0 Å². The number of carboxylic acid groups (broad SMARTS) is 1. The van der Waals surface area contributed by atoms with Crippen molar-refractivity contribution in [3.8, 4) is 22.6 Å². The molecule has 5 rings (SSSR count). The molecule has 1 unspecified atom stereocenters. The zero-order chi connectivity index (χ0) is 31.3. The molecule has 4 aromatic rings. The molecule has 228 valence electrons. The fraction of sp³-hybridized carbons (Fsp3) is 0.235. The van der Waals surface area contributed by atoms with Gasteiger partial charge in [0.15, 0.2) is 0 Å². The summed E-state index contributed by atoms with van der Waals surface area (Å²) >= 11 is 0. The lowest BCUT2D eigenvalue weighted by Gasteiger charge is -2.25. The average molecular weight is 615 g/mol. The van der Waals surface area contributed by atoms with Gasteiger partial charge in [-0.05, 0) is 53.3 Å². The van der Waals surface area contributed by atoms with Gasteiger partial charge in [0.05, 0.1) is 24.7 Å². The summed E-state index contributed by atoms with van der Waals surface area (Å²) in [6.07, 6.45) is 0.231. The smallest absolute Gasteiger partial charge is 0.326 e. The van der Waals surface area contributed by atoms with E-state index in [4.69, 9.17) is 9.47 Å². The van der Waals surface area contributed by atoms with Gasteiger partial charge < -0.3 is 19.9 Å². The molecule has 10 heteroatoms. The number of carbonyl (C=O) groups is 2. The lowest BCUT2D eigenvalue weighted by molar-refractivity contribution is -0.142. The Bertz CT molecular complexity index is 1690. The van der Waals surface area contributed by atoms with Gasteiger partial charge in [-0.15, -0.1) is 0 Å². The number of carboxylic acids is 1. The second-order valence-corrected chi connectivity index (χ2v) is 12.5. The van der Waals surface area contributed by atoms with Crippen molar-refractivity contribution in [3.63, 3.8) is 0 Å². The van der Waals surface area contributed by atoms with Gasteiger partial charge in [-0.25, -0.2) is 13.2 Å². The van der Waals surface area contributed by atoms with Gasteiger partial charge in [-0.1, -0.05) is 78.9 Å². The van der Waals surface area contributed by atoms with Crippen LogP contribution < -0.4 is 14.8 Å². The van der Waals surface area contributed by atoms with Crippen LogP contribution in [0, 0.1) is 0 Å². The van der Waals surface area contributed by atoms with Crippen LogP contribution in [0.1, 0.15) is 23.5 Å². The number of rotatable bonds is 11. The van der Waals surface area contributed by atoms with Crippen molar-refractivity contribution in [2.45, 2.75) is 35.7 Å². The molecule has 1 saturated heterocycles. The Morgan fingerprint density at radius 1 is 0.864 bits per heavy atom. The zero-order valence-corrected chi connectivity index (χ0v) is 25.2. The maximum absolute atomic E-state index is 13.7. The maximum Gasteiger partial charge on any atom is 0.326 e. The highest BCUT2D eigenvalue weighted by Gasteiger charge is 2.45. The summed E-state index contributed by atoms with van der Waals surface area (Å²) in [5, 5.41) is 12.7. The van der Waals surface area contributed by atoms with Crippen LogP contribution in [0.4, 0.5) is 0 Å². The molecule has 3 atom stereocenters. The fourth-order valence-electron chi connectivity index (χ4n) is 5.65. The Labute approximate surface area is 257 Å². The number of nitrogens with one attached hydrogen (secondary N) is 1. The average Bonchev–Trinajstić information content (AvgIpc) is 3.52. The van der Waals surface area contributed by atoms with Gasteiger partial charge in [0.2, 0.25) is 15.9 Å². The minimum atomic E-state index is -4.03. The first kappa shape index (κ1) is 30.8. The second kappa shape index (κ2) is 13.3. The number of hydrogen-bond acceptors (Lipinski definition) is 6. The summed E-state index contributed by atoms with van der Waals surface area (Å²) in [6, 6.07) is 27.8. The van der Waals surface area contributed by atoms with Gasteiger partial charge in [0, 0.05) is 13.0 Å². The highest BCUT2D eigenvalue weighted by molar-refractivity contribution is 7.89. The number of aliphatic carboxylic acids is 1. The molecule has 1 aliphatic heterocycles. The quantitative estimate of drug-likeness (QED) is 0.251. The number of methoxy groups -OCH3 is 2. The molecule has 0 aromatic heterocycles. The Morgan fingerprint density at radius 2 is 1.45 bits per heavy atom. The molecule has 9 nitrogen and oxygen atoms in total. The van der Waals surface area contributed by atoms with Crippen molar-refractivity contribution >= 4 is 21.9 Å². The molecule has 1 fully saturated rings. The lowest BCUT2D eigenvalue weighted by Crippen LogP contribution is -2.51. The van der Waals surface area contributed by atoms with Gasteiger partial charge in [-0.3, -0.25) is 4.79 Å². The molecular weight excluding hydrogens is 580 g/mol. The number of amides is 1. The predicted molar refractivity (Wildman–Crippen MR) is 166 cm³/mol. The standard InChI is InChI=1S/C34H34N2O7S/c1-42-30-14-9-15-31(43-2)32(30)25-18-16-23(17-19-25)20-28(34(38)39)35-33(37)29-21-26(24-10-5-3-6-11-24)22-36(29)44(40,41)27-12-7-4-8-13-27/h3-19,26,28-29H,20-22H2,1-2H3,(H,35,37)(H,38,39)/t26-,28-,29?/m0/s1. The molecule has 1 amide bonds. The molecule has 0 bridgehead atoms. The van der Waals surface area contributed by atoms with E-state index in [1.165, 1.54) is 16.4 Å². The Balaban J connectivity index is 1.37. The van der Waals surface area contributed by atoms with Crippen LogP contribution in [-0.4, -0.2) is 62.6 Å². The molecule has 0 aliphatic carbocycles.